The molecule has 1 aliphatic heterocycles. The summed E-state index contributed by atoms with van der Waals surface area (Å²) in [6.07, 6.45) is 1.70. The lowest BCUT2D eigenvalue weighted by molar-refractivity contribution is 0.122. The number of nitrogens with one attached hydrogen (secondary N) is 1. The van der Waals surface area contributed by atoms with Gasteiger partial charge in [-0.15, -0.1) is 0 Å². The summed E-state index contributed by atoms with van der Waals surface area (Å²) in [7, 11) is 0. The van der Waals surface area contributed by atoms with E-state index in [9.17, 15) is 0 Å². The minimum absolute atomic E-state index is 0.544. The third kappa shape index (κ3) is 3.61. The molecule has 1 fully saturated rings. The van der Waals surface area contributed by atoms with E-state index in [2.05, 4.69) is 25.2 Å². The molecular formula is C18H19N5O2. The summed E-state index contributed by atoms with van der Waals surface area (Å²) >= 11 is 0. The lowest BCUT2D eigenvalue weighted by Gasteiger charge is -2.28. The zero-order chi connectivity index (χ0) is 17.1. The Balaban J connectivity index is 1.54. The number of anilines is 3. The minimum Gasteiger partial charge on any atom is -0.458 e. The third-order valence-corrected chi connectivity index (χ3v) is 3.94. The van der Waals surface area contributed by atoms with E-state index in [4.69, 9.17) is 9.15 Å². The van der Waals surface area contributed by atoms with Gasteiger partial charge in [0.15, 0.2) is 11.6 Å². The van der Waals surface area contributed by atoms with E-state index < -0.39 is 0 Å². The van der Waals surface area contributed by atoms with Crippen LogP contribution in [0.4, 0.5) is 17.5 Å². The van der Waals surface area contributed by atoms with Crippen LogP contribution in [0.3, 0.4) is 0 Å². The molecule has 0 unspecified atom stereocenters. The molecule has 0 spiro atoms. The van der Waals surface area contributed by atoms with Crippen molar-refractivity contribution in [2.45, 2.75) is 6.92 Å². The fourth-order valence-corrected chi connectivity index (χ4v) is 2.69. The van der Waals surface area contributed by atoms with Crippen molar-refractivity contribution in [3.63, 3.8) is 0 Å². The molecule has 0 atom stereocenters. The van der Waals surface area contributed by atoms with Crippen LogP contribution >= 0.6 is 0 Å². The van der Waals surface area contributed by atoms with Gasteiger partial charge in [0.05, 0.1) is 13.2 Å². The zero-order valence-corrected chi connectivity index (χ0v) is 14.0. The van der Waals surface area contributed by atoms with Crippen molar-refractivity contribution in [1.82, 2.24) is 15.0 Å². The Bertz CT molecular complexity index is 858. The van der Waals surface area contributed by atoms with Crippen LogP contribution in [-0.2, 0) is 4.74 Å². The van der Waals surface area contributed by atoms with Gasteiger partial charge in [-0.05, 0) is 37.3 Å². The van der Waals surface area contributed by atoms with E-state index in [-0.39, 0.29) is 0 Å². The van der Waals surface area contributed by atoms with Crippen LogP contribution in [0.15, 0.2) is 47.0 Å². The van der Waals surface area contributed by atoms with Crippen molar-refractivity contribution >= 4 is 17.5 Å². The normalized spacial score (nSPS) is 14.5. The lowest BCUT2D eigenvalue weighted by Crippen LogP contribution is -2.36. The maximum Gasteiger partial charge on any atom is 0.197 e. The molecule has 0 saturated carbocycles. The smallest absolute Gasteiger partial charge is 0.197 e. The van der Waals surface area contributed by atoms with Crippen LogP contribution in [0.2, 0.25) is 0 Å². The molecule has 4 heterocycles. The first-order valence-corrected chi connectivity index (χ1v) is 8.24. The standard InChI is InChI=1S/C18H19N5O2/c1-13-5-6-14(25-13)18-19-8-7-16(22-18)20-15-3-2-4-17(21-15)23-9-11-24-12-10-23/h2-8H,9-12H2,1H3,(H,19,20,21,22). The first-order chi connectivity index (χ1) is 12.3. The summed E-state index contributed by atoms with van der Waals surface area (Å²) in [4.78, 5) is 15.7. The Hall–Kier alpha value is -2.93. The maximum atomic E-state index is 5.59. The number of nitrogens with zero attached hydrogens (tertiary/aromatic N) is 4. The molecule has 0 radical (unpaired) electrons. The predicted molar refractivity (Wildman–Crippen MR) is 95.0 cm³/mol. The maximum absolute atomic E-state index is 5.59. The van der Waals surface area contributed by atoms with Crippen molar-refractivity contribution in [2.75, 3.05) is 36.5 Å². The average molecular weight is 337 g/mol. The number of morpholine rings is 1. The summed E-state index contributed by atoms with van der Waals surface area (Å²) in [5.41, 5.74) is 0. The Labute approximate surface area is 145 Å². The number of hydrogen-bond donors (Lipinski definition) is 1. The van der Waals surface area contributed by atoms with Crippen LogP contribution in [0, 0.1) is 6.92 Å². The summed E-state index contributed by atoms with van der Waals surface area (Å²) < 4.78 is 11.0. The predicted octanol–water partition coefficient (Wildman–Crippen LogP) is 3.02. The van der Waals surface area contributed by atoms with E-state index in [1.54, 1.807) is 6.20 Å². The van der Waals surface area contributed by atoms with E-state index in [0.717, 1.165) is 43.7 Å². The lowest BCUT2D eigenvalue weighted by atomic mass is 10.3. The van der Waals surface area contributed by atoms with Gasteiger partial charge in [0.25, 0.3) is 0 Å². The topological polar surface area (TPSA) is 76.3 Å². The van der Waals surface area contributed by atoms with E-state index in [1.165, 1.54) is 0 Å². The average Bonchev–Trinajstić information content (AvgIpc) is 3.09. The van der Waals surface area contributed by atoms with E-state index in [0.29, 0.717) is 17.4 Å². The molecule has 1 aliphatic rings. The summed E-state index contributed by atoms with van der Waals surface area (Å²) in [6, 6.07) is 11.5. The van der Waals surface area contributed by atoms with Crippen molar-refractivity contribution in [2.24, 2.45) is 0 Å². The van der Waals surface area contributed by atoms with Crippen molar-refractivity contribution < 1.29 is 9.15 Å². The second-order valence-corrected chi connectivity index (χ2v) is 5.78. The Morgan fingerprint density at radius 3 is 2.64 bits per heavy atom. The van der Waals surface area contributed by atoms with Gasteiger partial charge in [0.2, 0.25) is 0 Å². The molecule has 128 valence electrons. The first-order valence-electron chi connectivity index (χ1n) is 8.24. The SMILES string of the molecule is Cc1ccc(-c2nccc(Nc3cccc(N4CCOCC4)n3)n2)o1. The van der Waals surface area contributed by atoms with Crippen molar-refractivity contribution in [3.05, 3.63) is 48.4 Å². The molecule has 3 aromatic heterocycles. The highest BCUT2D eigenvalue weighted by Crippen LogP contribution is 2.21. The van der Waals surface area contributed by atoms with Gasteiger partial charge in [-0.3, -0.25) is 0 Å². The molecule has 0 aromatic carbocycles. The molecule has 0 aliphatic carbocycles. The third-order valence-electron chi connectivity index (χ3n) is 3.94. The molecule has 25 heavy (non-hydrogen) atoms. The van der Waals surface area contributed by atoms with Gasteiger partial charge in [-0.1, -0.05) is 6.07 Å². The summed E-state index contributed by atoms with van der Waals surface area (Å²) in [6.45, 7) is 5.07. The Morgan fingerprint density at radius 1 is 1.00 bits per heavy atom. The number of ether oxygens (including phenoxy) is 1. The number of pyridine rings is 1. The number of rotatable bonds is 4. The number of hydrogen-bond acceptors (Lipinski definition) is 7. The van der Waals surface area contributed by atoms with Crippen LogP contribution < -0.4 is 10.2 Å². The molecular weight excluding hydrogens is 318 g/mol. The van der Waals surface area contributed by atoms with Crippen LogP contribution in [0.25, 0.3) is 11.6 Å². The second-order valence-electron chi connectivity index (χ2n) is 5.78. The molecule has 1 N–H and O–H groups in total. The highest BCUT2D eigenvalue weighted by Gasteiger charge is 2.13. The number of furan rings is 1. The minimum atomic E-state index is 0.544. The van der Waals surface area contributed by atoms with Gasteiger partial charge < -0.3 is 19.4 Å². The summed E-state index contributed by atoms with van der Waals surface area (Å²) in [5.74, 6) is 4.37. The number of aromatic nitrogens is 3. The fraction of sp³-hybridized carbons (Fsp3) is 0.278. The Morgan fingerprint density at radius 2 is 1.84 bits per heavy atom. The largest absolute Gasteiger partial charge is 0.458 e. The van der Waals surface area contributed by atoms with Gasteiger partial charge in [-0.25, -0.2) is 15.0 Å². The van der Waals surface area contributed by atoms with Gasteiger partial charge in [-0.2, -0.15) is 0 Å². The van der Waals surface area contributed by atoms with Crippen LogP contribution in [-0.4, -0.2) is 41.3 Å². The van der Waals surface area contributed by atoms with Gasteiger partial charge in [0, 0.05) is 19.3 Å². The van der Waals surface area contributed by atoms with E-state index in [1.807, 2.05) is 43.3 Å². The van der Waals surface area contributed by atoms with Crippen molar-refractivity contribution in [1.29, 1.82) is 0 Å². The number of aryl methyl sites for hydroxylation is 1. The Kier molecular flexibility index (Phi) is 4.30. The molecule has 7 nitrogen and oxygen atoms in total. The molecule has 3 aromatic rings. The quantitative estimate of drug-likeness (QED) is 0.784. The van der Waals surface area contributed by atoms with Crippen LogP contribution in [0.5, 0.6) is 0 Å². The molecule has 0 amide bonds. The first kappa shape index (κ1) is 15.6. The highest BCUT2D eigenvalue weighted by atomic mass is 16.5. The zero-order valence-electron chi connectivity index (χ0n) is 14.0. The molecule has 4 rings (SSSR count). The molecule has 1 saturated heterocycles. The highest BCUT2D eigenvalue weighted by molar-refractivity contribution is 5.58. The molecule has 0 bridgehead atoms. The second kappa shape index (κ2) is 6.90. The molecule has 7 heteroatoms. The van der Waals surface area contributed by atoms with Crippen LogP contribution in [0.1, 0.15) is 5.76 Å². The monoisotopic (exact) mass is 337 g/mol. The van der Waals surface area contributed by atoms with Gasteiger partial charge in [0.1, 0.15) is 23.2 Å². The van der Waals surface area contributed by atoms with Gasteiger partial charge >= 0.3 is 0 Å². The van der Waals surface area contributed by atoms with E-state index >= 15 is 0 Å². The van der Waals surface area contributed by atoms with Crippen molar-refractivity contribution in [3.8, 4) is 11.6 Å². The fourth-order valence-electron chi connectivity index (χ4n) is 2.69. The summed E-state index contributed by atoms with van der Waals surface area (Å²) in [5, 5.41) is 3.24.